The minimum atomic E-state index is 0.142. The third-order valence-corrected chi connectivity index (χ3v) is 5.50. The van der Waals surface area contributed by atoms with E-state index in [4.69, 9.17) is 9.47 Å². The van der Waals surface area contributed by atoms with Crippen molar-refractivity contribution in [3.8, 4) is 11.5 Å². The summed E-state index contributed by atoms with van der Waals surface area (Å²) in [6.45, 7) is 2.48. The fourth-order valence-corrected chi connectivity index (χ4v) is 3.71. The van der Waals surface area contributed by atoms with Gasteiger partial charge in [-0.25, -0.2) is 0 Å². The maximum absolute atomic E-state index is 13.2. The second-order valence-electron chi connectivity index (χ2n) is 7.83. The molecule has 0 bridgehead atoms. The minimum absolute atomic E-state index is 0.142. The van der Waals surface area contributed by atoms with Crippen LogP contribution in [0.1, 0.15) is 24.0 Å². The highest BCUT2D eigenvalue weighted by Gasteiger charge is 2.30. The SMILES string of the molecule is COc1ccc(C=C2CN(CC3CC3)CC(=Cc3ccc(OC)cc3)C2=O)cc1. The number of methoxy groups -OCH3 is 2. The summed E-state index contributed by atoms with van der Waals surface area (Å²) >= 11 is 0. The zero-order valence-electron chi connectivity index (χ0n) is 17.1. The Kier molecular flexibility index (Phi) is 5.81. The molecule has 2 aromatic rings. The molecule has 1 saturated heterocycles. The van der Waals surface area contributed by atoms with Gasteiger partial charge in [0.25, 0.3) is 0 Å². The summed E-state index contributed by atoms with van der Waals surface area (Å²) in [5, 5.41) is 0. The van der Waals surface area contributed by atoms with Crippen molar-refractivity contribution in [3.63, 3.8) is 0 Å². The number of ketones is 1. The van der Waals surface area contributed by atoms with Crippen LogP contribution in [0.25, 0.3) is 12.2 Å². The fraction of sp³-hybridized carbons (Fsp3) is 0.320. The van der Waals surface area contributed by atoms with Gasteiger partial charge in [-0.2, -0.15) is 0 Å². The zero-order valence-corrected chi connectivity index (χ0v) is 17.1. The van der Waals surface area contributed by atoms with Crippen molar-refractivity contribution in [3.05, 3.63) is 70.8 Å². The van der Waals surface area contributed by atoms with Crippen LogP contribution in [0.5, 0.6) is 11.5 Å². The lowest BCUT2D eigenvalue weighted by Gasteiger charge is -2.30. The molecule has 4 heteroatoms. The van der Waals surface area contributed by atoms with E-state index in [-0.39, 0.29) is 5.78 Å². The molecule has 0 radical (unpaired) electrons. The van der Waals surface area contributed by atoms with Gasteiger partial charge in [0.15, 0.2) is 5.78 Å². The van der Waals surface area contributed by atoms with Crippen LogP contribution in [0.2, 0.25) is 0 Å². The smallest absolute Gasteiger partial charge is 0.187 e. The lowest BCUT2D eigenvalue weighted by atomic mass is 9.94. The Bertz CT molecular complexity index is 852. The zero-order chi connectivity index (χ0) is 20.2. The Labute approximate surface area is 172 Å². The third-order valence-electron chi connectivity index (χ3n) is 5.50. The lowest BCUT2D eigenvalue weighted by molar-refractivity contribution is -0.113. The molecule has 2 fully saturated rings. The summed E-state index contributed by atoms with van der Waals surface area (Å²) in [4.78, 5) is 15.6. The maximum atomic E-state index is 13.2. The average molecular weight is 389 g/mol. The van der Waals surface area contributed by atoms with E-state index in [1.54, 1.807) is 14.2 Å². The van der Waals surface area contributed by atoms with Crippen molar-refractivity contribution < 1.29 is 14.3 Å². The Morgan fingerprint density at radius 1 is 0.828 bits per heavy atom. The molecule has 0 atom stereocenters. The molecule has 0 aromatic heterocycles. The fourth-order valence-electron chi connectivity index (χ4n) is 3.71. The van der Waals surface area contributed by atoms with Crippen LogP contribution >= 0.6 is 0 Å². The standard InChI is InChI=1S/C25H27NO3/c1-28-23-9-5-18(6-10-23)13-21-16-26(15-20-3-4-20)17-22(25(21)27)14-19-7-11-24(29-2)12-8-19/h5-14,20H,3-4,15-17H2,1-2H3. The van der Waals surface area contributed by atoms with Crippen LogP contribution in [0.4, 0.5) is 0 Å². The van der Waals surface area contributed by atoms with Gasteiger partial charge >= 0.3 is 0 Å². The molecule has 2 aliphatic rings. The number of hydrogen-bond acceptors (Lipinski definition) is 4. The van der Waals surface area contributed by atoms with Gasteiger partial charge in [0.05, 0.1) is 14.2 Å². The number of ether oxygens (including phenoxy) is 2. The van der Waals surface area contributed by atoms with Crippen molar-refractivity contribution in [2.45, 2.75) is 12.8 Å². The van der Waals surface area contributed by atoms with Crippen molar-refractivity contribution in [1.29, 1.82) is 0 Å². The number of carbonyl (C=O) groups excluding carboxylic acids is 1. The van der Waals surface area contributed by atoms with Crippen LogP contribution in [0.3, 0.4) is 0 Å². The highest BCUT2D eigenvalue weighted by Crippen LogP contribution is 2.32. The average Bonchev–Trinajstić information content (AvgIpc) is 3.56. The van der Waals surface area contributed by atoms with Crippen molar-refractivity contribution >= 4 is 17.9 Å². The first-order valence-corrected chi connectivity index (χ1v) is 10.1. The van der Waals surface area contributed by atoms with E-state index in [2.05, 4.69) is 4.90 Å². The van der Waals surface area contributed by atoms with Gasteiger partial charge in [0.1, 0.15) is 11.5 Å². The third kappa shape index (κ3) is 4.96. The van der Waals surface area contributed by atoms with Crippen molar-refractivity contribution in [2.24, 2.45) is 5.92 Å². The van der Waals surface area contributed by atoms with Crippen LogP contribution in [-0.4, -0.2) is 44.5 Å². The normalized spacial score (nSPS) is 20.3. The second-order valence-corrected chi connectivity index (χ2v) is 7.83. The Hall–Kier alpha value is -2.85. The highest BCUT2D eigenvalue weighted by molar-refractivity contribution is 6.14. The van der Waals surface area contributed by atoms with Crippen LogP contribution < -0.4 is 9.47 Å². The first-order chi connectivity index (χ1) is 14.1. The summed E-state index contributed by atoms with van der Waals surface area (Å²) in [6.07, 6.45) is 6.64. The first kappa shape index (κ1) is 19.5. The number of likely N-dealkylation sites (tertiary alicyclic amines) is 1. The monoisotopic (exact) mass is 389 g/mol. The summed E-state index contributed by atoms with van der Waals surface area (Å²) in [6, 6.07) is 15.7. The summed E-state index contributed by atoms with van der Waals surface area (Å²) in [7, 11) is 3.31. The van der Waals surface area contributed by atoms with Gasteiger partial charge in [-0.1, -0.05) is 24.3 Å². The predicted molar refractivity (Wildman–Crippen MR) is 116 cm³/mol. The van der Waals surface area contributed by atoms with Gasteiger partial charge in [0, 0.05) is 30.8 Å². The van der Waals surface area contributed by atoms with E-state index < -0.39 is 0 Å². The van der Waals surface area contributed by atoms with E-state index in [1.807, 2.05) is 60.7 Å². The number of piperidine rings is 1. The molecule has 0 spiro atoms. The Balaban J connectivity index is 1.61. The van der Waals surface area contributed by atoms with Crippen molar-refractivity contribution in [1.82, 2.24) is 4.90 Å². The first-order valence-electron chi connectivity index (χ1n) is 10.1. The van der Waals surface area contributed by atoms with E-state index >= 15 is 0 Å². The number of carbonyl (C=O) groups is 1. The van der Waals surface area contributed by atoms with Crippen molar-refractivity contribution in [2.75, 3.05) is 33.9 Å². The maximum Gasteiger partial charge on any atom is 0.187 e. The van der Waals surface area contributed by atoms with Gasteiger partial charge in [-0.3, -0.25) is 9.69 Å². The topological polar surface area (TPSA) is 38.8 Å². The number of rotatable bonds is 6. The molecule has 2 aromatic carbocycles. The summed E-state index contributed by atoms with van der Waals surface area (Å²) < 4.78 is 10.5. The number of benzene rings is 2. The quantitative estimate of drug-likeness (QED) is 0.684. The molecule has 1 aliphatic carbocycles. The molecule has 0 N–H and O–H groups in total. The van der Waals surface area contributed by atoms with Crippen LogP contribution in [0.15, 0.2) is 59.7 Å². The molecular formula is C25H27NO3. The van der Waals surface area contributed by atoms with Crippen LogP contribution in [-0.2, 0) is 4.79 Å². The summed E-state index contributed by atoms with van der Waals surface area (Å²) in [5.74, 6) is 2.56. The predicted octanol–water partition coefficient (Wildman–Crippen LogP) is 4.47. The highest BCUT2D eigenvalue weighted by atomic mass is 16.5. The van der Waals surface area contributed by atoms with Gasteiger partial charge in [0.2, 0.25) is 0 Å². The molecule has 1 saturated carbocycles. The largest absolute Gasteiger partial charge is 0.497 e. The molecule has 29 heavy (non-hydrogen) atoms. The second kappa shape index (κ2) is 8.66. The molecule has 1 heterocycles. The van der Waals surface area contributed by atoms with Gasteiger partial charge < -0.3 is 9.47 Å². The number of hydrogen-bond donors (Lipinski definition) is 0. The number of nitrogens with zero attached hydrogens (tertiary/aromatic N) is 1. The molecule has 0 amide bonds. The summed E-state index contributed by atoms with van der Waals surface area (Å²) in [5.41, 5.74) is 3.74. The van der Waals surface area contributed by atoms with E-state index in [0.29, 0.717) is 13.1 Å². The van der Waals surface area contributed by atoms with Gasteiger partial charge in [-0.05, 0) is 66.3 Å². The Morgan fingerprint density at radius 2 is 1.28 bits per heavy atom. The van der Waals surface area contributed by atoms with Crippen LogP contribution in [0, 0.1) is 5.92 Å². The van der Waals surface area contributed by atoms with E-state index in [9.17, 15) is 4.79 Å². The molecule has 1 aliphatic heterocycles. The molecule has 4 rings (SSSR count). The molecular weight excluding hydrogens is 362 g/mol. The minimum Gasteiger partial charge on any atom is -0.497 e. The Morgan fingerprint density at radius 3 is 1.66 bits per heavy atom. The molecule has 0 unspecified atom stereocenters. The molecule has 4 nitrogen and oxygen atoms in total. The number of Topliss-reactive ketones (excluding diaryl/α,β-unsaturated/α-hetero) is 1. The van der Waals surface area contributed by atoms with E-state index in [0.717, 1.165) is 46.2 Å². The van der Waals surface area contributed by atoms with E-state index in [1.165, 1.54) is 12.8 Å². The van der Waals surface area contributed by atoms with Gasteiger partial charge in [-0.15, -0.1) is 0 Å². The lowest BCUT2D eigenvalue weighted by Crippen LogP contribution is -2.38. The molecule has 150 valence electrons.